The summed E-state index contributed by atoms with van der Waals surface area (Å²) in [6.45, 7) is 5.40. The van der Waals surface area contributed by atoms with E-state index < -0.39 is 5.97 Å². The van der Waals surface area contributed by atoms with Crippen molar-refractivity contribution < 1.29 is 9.90 Å². The Labute approximate surface area is 92.7 Å². The van der Waals surface area contributed by atoms with Crippen LogP contribution in [0.25, 0.3) is 0 Å². The number of carbonyl (C=O) groups is 1. The number of anilines is 1. The third-order valence-corrected chi connectivity index (χ3v) is 2.33. The van der Waals surface area contributed by atoms with Crippen molar-refractivity contribution in [2.24, 2.45) is 0 Å². The van der Waals surface area contributed by atoms with Crippen molar-refractivity contribution in [3.63, 3.8) is 0 Å². The average Bonchev–Trinajstić information content (AvgIpc) is 2.21. The summed E-state index contributed by atoms with van der Waals surface area (Å²) in [4.78, 5) is 12.7. The molecule has 0 radical (unpaired) electrons. The zero-order valence-electron chi connectivity index (χ0n) is 8.57. The van der Waals surface area contributed by atoms with Crippen LogP contribution in [0.2, 0.25) is 5.15 Å². The van der Waals surface area contributed by atoms with E-state index >= 15 is 0 Å². The molecule has 0 saturated carbocycles. The average molecular weight is 230 g/mol. The second kappa shape index (κ2) is 4.93. The van der Waals surface area contributed by atoms with E-state index in [4.69, 9.17) is 16.7 Å². The molecule has 0 saturated heterocycles. The first-order chi connectivity index (χ1) is 7.10. The number of aromatic carboxylic acids is 1. The highest BCUT2D eigenvalue weighted by molar-refractivity contribution is 6.32. The summed E-state index contributed by atoms with van der Waals surface area (Å²) in [7, 11) is 0. The van der Waals surface area contributed by atoms with Gasteiger partial charge in [-0.25, -0.2) is 4.79 Å². The van der Waals surface area contributed by atoms with Gasteiger partial charge < -0.3 is 10.0 Å². The number of rotatable bonds is 4. The third-order valence-electron chi connectivity index (χ3n) is 2.05. The molecule has 0 bridgehead atoms. The van der Waals surface area contributed by atoms with Gasteiger partial charge in [0.1, 0.15) is 5.56 Å². The van der Waals surface area contributed by atoms with Crippen LogP contribution in [0.15, 0.2) is 6.07 Å². The zero-order valence-corrected chi connectivity index (χ0v) is 9.32. The van der Waals surface area contributed by atoms with Crippen LogP contribution in [0, 0.1) is 0 Å². The maximum Gasteiger partial charge on any atom is 0.339 e. The molecule has 5 nitrogen and oxygen atoms in total. The Morgan fingerprint density at radius 3 is 2.53 bits per heavy atom. The third kappa shape index (κ3) is 2.56. The lowest BCUT2D eigenvalue weighted by Crippen LogP contribution is -2.23. The molecule has 15 heavy (non-hydrogen) atoms. The molecule has 0 aliphatic carbocycles. The van der Waals surface area contributed by atoms with Crippen LogP contribution in [-0.2, 0) is 0 Å². The predicted octanol–water partition coefficient (Wildman–Crippen LogP) is 1.67. The van der Waals surface area contributed by atoms with Crippen molar-refractivity contribution >= 4 is 23.4 Å². The van der Waals surface area contributed by atoms with Crippen LogP contribution in [0.1, 0.15) is 24.2 Å². The van der Waals surface area contributed by atoms with Crippen molar-refractivity contribution in [2.45, 2.75) is 13.8 Å². The zero-order chi connectivity index (χ0) is 11.4. The summed E-state index contributed by atoms with van der Waals surface area (Å²) in [5.41, 5.74) is -0.0198. The van der Waals surface area contributed by atoms with Gasteiger partial charge >= 0.3 is 5.97 Å². The normalized spacial score (nSPS) is 10.1. The second-order valence-corrected chi connectivity index (χ2v) is 3.24. The fourth-order valence-corrected chi connectivity index (χ4v) is 1.39. The number of hydrogen-bond acceptors (Lipinski definition) is 4. The Morgan fingerprint density at radius 2 is 2.07 bits per heavy atom. The molecule has 1 rings (SSSR count). The molecule has 0 aliphatic rings. The largest absolute Gasteiger partial charge is 0.478 e. The van der Waals surface area contributed by atoms with Crippen LogP contribution in [0.3, 0.4) is 0 Å². The van der Waals surface area contributed by atoms with E-state index in [1.807, 2.05) is 18.7 Å². The van der Waals surface area contributed by atoms with E-state index in [-0.39, 0.29) is 10.7 Å². The second-order valence-electron chi connectivity index (χ2n) is 2.88. The Hall–Kier alpha value is -1.36. The Morgan fingerprint density at radius 1 is 1.47 bits per heavy atom. The van der Waals surface area contributed by atoms with E-state index in [0.717, 1.165) is 13.1 Å². The van der Waals surface area contributed by atoms with Crippen LogP contribution in [0.4, 0.5) is 5.82 Å². The molecule has 0 aromatic carbocycles. The van der Waals surface area contributed by atoms with Crippen molar-refractivity contribution in [3.8, 4) is 0 Å². The van der Waals surface area contributed by atoms with Gasteiger partial charge in [0.15, 0.2) is 11.0 Å². The minimum atomic E-state index is -1.09. The summed E-state index contributed by atoms with van der Waals surface area (Å²) < 4.78 is 0. The van der Waals surface area contributed by atoms with Crippen molar-refractivity contribution in [1.82, 2.24) is 10.2 Å². The molecule has 1 aromatic rings. The van der Waals surface area contributed by atoms with Gasteiger partial charge in [-0.15, -0.1) is 10.2 Å². The van der Waals surface area contributed by atoms with Crippen molar-refractivity contribution in [2.75, 3.05) is 18.0 Å². The highest BCUT2D eigenvalue weighted by Gasteiger charge is 2.14. The van der Waals surface area contributed by atoms with Gasteiger partial charge in [-0.05, 0) is 13.8 Å². The standard InChI is InChI=1S/C9H12ClN3O2/c1-3-13(4-2)7-5-6(9(14)15)8(10)12-11-7/h5H,3-4H2,1-2H3,(H,14,15). The van der Waals surface area contributed by atoms with Gasteiger partial charge in [-0.1, -0.05) is 11.6 Å². The predicted molar refractivity (Wildman–Crippen MR) is 57.6 cm³/mol. The van der Waals surface area contributed by atoms with Crippen molar-refractivity contribution in [1.29, 1.82) is 0 Å². The first-order valence-electron chi connectivity index (χ1n) is 4.61. The molecule has 1 aromatic heterocycles. The molecule has 0 amide bonds. The minimum absolute atomic E-state index is 0.0198. The number of carboxylic acids is 1. The number of hydrogen-bond donors (Lipinski definition) is 1. The topological polar surface area (TPSA) is 66.3 Å². The molecule has 0 atom stereocenters. The lowest BCUT2D eigenvalue weighted by Gasteiger charge is -2.19. The Kier molecular flexibility index (Phi) is 3.85. The minimum Gasteiger partial charge on any atom is -0.478 e. The molecule has 0 unspecified atom stereocenters. The number of halogens is 1. The molecular weight excluding hydrogens is 218 g/mol. The summed E-state index contributed by atoms with van der Waals surface area (Å²) >= 11 is 5.61. The molecule has 6 heteroatoms. The highest BCUT2D eigenvalue weighted by atomic mass is 35.5. The van der Waals surface area contributed by atoms with Gasteiger partial charge in [-0.3, -0.25) is 0 Å². The summed E-state index contributed by atoms with van der Waals surface area (Å²) in [6, 6.07) is 1.44. The number of aromatic nitrogens is 2. The summed E-state index contributed by atoms with van der Waals surface area (Å²) in [5, 5.41) is 16.2. The van der Waals surface area contributed by atoms with E-state index in [1.165, 1.54) is 6.07 Å². The van der Waals surface area contributed by atoms with Gasteiger partial charge in [0.05, 0.1) is 0 Å². The lowest BCUT2D eigenvalue weighted by molar-refractivity contribution is 0.0696. The first-order valence-corrected chi connectivity index (χ1v) is 4.99. The molecule has 0 spiro atoms. The van der Waals surface area contributed by atoms with Gasteiger partial charge in [0.2, 0.25) is 0 Å². The molecule has 1 N–H and O–H groups in total. The maximum absolute atomic E-state index is 10.8. The fourth-order valence-electron chi connectivity index (χ4n) is 1.22. The van der Waals surface area contributed by atoms with Crippen LogP contribution >= 0.6 is 11.6 Å². The quantitative estimate of drug-likeness (QED) is 0.851. The van der Waals surface area contributed by atoms with E-state index in [2.05, 4.69) is 10.2 Å². The maximum atomic E-state index is 10.8. The number of nitrogens with zero attached hydrogens (tertiary/aromatic N) is 3. The van der Waals surface area contributed by atoms with Gasteiger partial charge in [0, 0.05) is 19.2 Å². The van der Waals surface area contributed by atoms with E-state index in [9.17, 15) is 4.79 Å². The molecule has 0 fully saturated rings. The van der Waals surface area contributed by atoms with Crippen LogP contribution < -0.4 is 4.90 Å². The fraction of sp³-hybridized carbons (Fsp3) is 0.444. The number of carboxylic acid groups (broad SMARTS) is 1. The molecular formula is C9H12ClN3O2. The molecule has 0 aliphatic heterocycles. The van der Waals surface area contributed by atoms with Gasteiger partial charge in [-0.2, -0.15) is 0 Å². The Balaban J connectivity index is 3.11. The highest BCUT2D eigenvalue weighted by Crippen LogP contribution is 2.17. The van der Waals surface area contributed by atoms with Crippen LogP contribution in [-0.4, -0.2) is 34.4 Å². The van der Waals surface area contributed by atoms with E-state index in [0.29, 0.717) is 5.82 Å². The van der Waals surface area contributed by atoms with Gasteiger partial charge in [0.25, 0.3) is 0 Å². The SMILES string of the molecule is CCN(CC)c1cc(C(=O)O)c(Cl)nn1. The summed E-state index contributed by atoms with van der Waals surface area (Å²) in [5.74, 6) is -0.565. The molecule has 82 valence electrons. The van der Waals surface area contributed by atoms with E-state index in [1.54, 1.807) is 0 Å². The first kappa shape index (κ1) is 11.7. The lowest BCUT2D eigenvalue weighted by atomic mass is 10.3. The summed E-state index contributed by atoms with van der Waals surface area (Å²) in [6.07, 6.45) is 0. The molecule has 1 heterocycles. The Bertz CT molecular complexity index is 366. The monoisotopic (exact) mass is 229 g/mol. The smallest absolute Gasteiger partial charge is 0.339 e. The van der Waals surface area contributed by atoms with Crippen LogP contribution in [0.5, 0.6) is 0 Å². The van der Waals surface area contributed by atoms with Crippen molar-refractivity contribution in [3.05, 3.63) is 16.8 Å².